The Hall–Kier alpha value is -3.94. The van der Waals surface area contributed by atoms with E-state index in [-0.39, 0.29) is 12.5 Å². The van der Waals surface area contributed by atoms with Gasteiger partial charge in [-0.1, -0.05) is 43.3 Å². The minimum atomic E-state index is -1.81. The van der Waals surface area contributed by atoms with Crippen molar-refractivity contribution in [2.24, 2.45) is 5.92 Å². The molecule has 3 aromatic rings. The predicted molar refractivity (Wildman–Crippen MR) is 133 cm³/mol. The van der Waals surface area contributed by atoms with Gasteiger partial charge in [-0.25, -0.2) is 0 Å². The van der Waals surface area contributed by atoms with Crippen LogP contribution in [0, 0.1) is 5.92 Å². The van der Waals surface area contributed by atoms with Crippen molar-refractivity contribution in [2.75, 3.05) is 23.5 Å². The highest BCUT2D eigenvalue weighted by molar-refractivity contribution is 6.15. The lowest BCUT2D eigenvalue weighted by molar-refractivity contribution is -0.139. The normalized spacial score (nSPS) is 19.8. The summed E-state index contributed by atoms with van der Waals surface area (Å²) < 4.78 is 6.08. The molecule has 2 aliphatic rings. The van der Waals surface area contributed by atoms with Gasteiger partial charge in [-0.15, -0.1) is 0 Å². The average Bonchev–Trinajstić information content (AvgIpc) is 2.99. The molecule has 0 saturated heterocycles. The van der Waals surface area contributed by atoms with Crippen LogP contribution < -0.4 is 14.5 Å². The molecule has 7 nitrogen and oxygen atoms in total. The third-order valence-corrected chi connectivity index (χ3v) is 6.67. The van der Waals surface area contributed by atoms with Crippen LogP contribution >= 0.6 is 0 Å². The molecule has 178 valence electrons. The van der Waals surface area contributed by atoms with Gasteiger partial charge in [0.15, 0.2) is 11.4 Å². The summed E-state index contributed by atoms with van der Waals surface area (Å²) >= 11 is 0. The minimum absolute atomic E-state index is 0.0176. The first kappa shape index (κ1) is 22.8. The maximum atomic E-state index is 13.8. The Morgan fingerprint density at radius 1 is 1.00 bits per heavy atom. The highest BCUT2D eigenvalue weighted by atomic mass is 16.5. The molecule has 0 fully saturated rings. The molecule has 0 spiro atoms. The quantitative estimate of drug-likeness (QED) is 0.536. The number of benzene rings is 3. The Labute approximate surface area is 203 Å². The molecule has 0 saturated carbocycles. The summed E-state index contributed by atoms with van der Waals surface area (Å²) in [6.07, 6.45) is 3.91. The number of nitrogens with zero attached hydrogens (tertiary/aromatic N) is 2. The van der Waals surface area contributed by atoms with Crippen molar-refractivity contribution >= 4 is 28.9 Å². The molecular weight excluding hydrogens is 444 g/mol. The van der Waals surface area contributed by atoms with Crippen molar-refractivity contribution < 1.29 is 24.5 Å². The van der Waals surface area contributed by atoms with Gasteiger partial charge in [0.25, 0.3) is 11.8 Å². The van der Waals surface area contributed by atoms with Crippen molar-refractivity contribution in [3.05, 3.63) is 90.0 Å². The topological polar surface area (TPSA) is 90.3 Å². The Bertz CT molecular complexity index is 1350. The van der Waals surface area contributed by atoms with Crippen LogP contribution in [0.2, 0.25) is 0 Å². The van der Waals surface area contributed by atoms with Gasteiger partial charge in [-0.3, -0.25) is 14.5 Å². The summed E-state index contributed by atoms with van der Waals surface area (Å²) in [7, 11) is 1.62. The van der Waals surface area contributed by atoms with Crippen molar-refractivity contribution in [3.63, 3.8) is 0 Å². The highest BCUT2D eigenvalue weighted by Crippen LogP contribution is 2.48. The van der Waals surface area contributed by atoms with Crippen molar-refractivity contribution in [1.29, 1.82) is 0 Å². The number of anilines is 3. The molecule has 5 rings (SSSR count). The highest BCUT2D eigenvalue weighted by Gasteiger charge is 2.51. The fourth-order valence-corrected chi connectivity index (χ4v) is 4.76. The first-order chi connectivity index (χ1) is 16.9. The first-order valence-corrected chi connectivity index (χ1v) is 11.5. The summed E-state index contributed by atoms with van der Waals surface area (Å²) in [6.45, 7) is 1.74. The molecule has 7 heteroatoms. The van der Waals surface area contributed by atoms with Crippen LogP contribution in [0.5, 0.6) is 11.5 Å². The summed E-state index contributed by atoms with van der Waals surface area (Å²) in [6, 6.07) is 19.5. The smallest absolute Gasteiger partial charge is 0.266 e. The van der Waals surface area contributed by atoms with Gasteiger partial charge in [-0.2, -0.15) is 0 Å². The van der Waals surface area contributed by atoms with Crippen LogP contribution in [-0.4, -0.2) is 35.7 Å². The predicted octanol–water partition coefficient (Wildman–Crippen LogP) is 4.51. The Balaban J connectivity index is 1.67. The van der Waals surface area contributed by atoms with E-state index in [1.54, 1.807) is 79.6 Å². The van der Waals surface area contributed by atoms with Gasteiger partial charge in [-0.05, 0) is 48.9 Å². The van der Waals surface area contributed by atoms with Crippen molar-refractivity contribution in [3.8, 4) is 11.5 Å². The SMILES string of the molecule is C[C@H](/C=C/CCO)[C@@]1(O)C(=O)N(C)c2ccc(N3C(=O)c4ccccc4Oc4ccccc43)cc21. The first-order valence-electron chi connectivity index (χ1n) is 11.5. The third-order valence-electron chi connectivity index (χ3n) is 6.67. The molecule has 0 unspecified atom stereocenters. The molecule has 2 atom stereocenters. The zero-order valence-corrected chi connectivity index (χ0v) is 19.5. The monoisotopic (exact) mass is 470 g/mol. The molecular formula is C28H26N2O5. The standard InChI is InChI=1S/C28H26N2O5/c1-18(9-7-8-16-31)28(34)21-17-19(14-15-22(21)29(2)27(28)33)30-23-11-4-6-13-25(23)35-24-12-5-3-10-20(24)26(30)32/h3-7,9-15,17-18,31,34H,8,16H2,1-2H3/b9-7+/t18-,28+/m1/s1. The number of ether oxygens (including phenoxy) is 1. The van der Waals surface area contributed by atoms with Crippen LogP contribution in [0.15, 0.2) is 78.9 Å². The summed E-state index contributed by atoms with van der Waals surface area (Å²) in [5.74, 6) is -0.293. The van der Waals surface area contributed by atoms with Crippen LogP contribution in [0.25, 0.3) is 0 Å². The molecule has 0 bridgehead atoms. The van der Waals surface area contributed by atoms with Gasteiger partial charge < -0.3 is 19.8 Å². The Kier molecular flexibility index (Phi) is 5.67. The lowest BCUT2D eigenvalue weighted by atomic mass is 9.82. The molecule has 0 aliphatic carbocycles. The second kappa shape index (κ2) is 8.69. The maximum absolute atomic E-state index is 13.8. The zero-order chi connectivity index (χ0) is 24.7. The van der Waals surface area contributed by atoms with Gasteiger partial charge in [0, 0.05) is 30.8 Å². The molecule has 3 aromatic carbocycles. The number of likely N-dealkylation sites (N-methyl/N-ethyl adjacent to an activating group) is 1. The summed E-state index contributed by atoms with van der Waals surface area (Å²) in [5.41, 5.74) is 0.672. The van der Waals surface area contributed by atoms with Gasteiger partial charge in [0.05, 0.1) is 16.9 Å². The fourth-order valence-electron chi connectivity index (χ4n) is 4.76. The van der Waals surface area contributed by atoms with Crippen molar-refractivity contribution in [1.82, 2.24) is 0 Å². The molecule has 0 radical (unpaired) electrons. The molecule has 35 heavy (non-hydrogen) atoms. The summed E-state index contributed by atoms with van der Waals surface area (Å²) in [4.78, 5) is 30.0. The summed E-state index contributed by atoms with van der Waals surface area (Å²) in [5, 5.41) is 20.8. The van der Waals surface area contributed by atoms with E-state index in [0.29, 0.717) is 46.1 Å². The molecule has 2 N–H and O–H groups in total. The van der Waals surface area contributed by atoms with Gasteiger partial charge in [0.1, 0.15) is 5.75 Å². The number of aliphatic hydroxyl groups is 2. The number of aliphatic hydroxyl groups excluding tert-OH is 1. The number of rotatable bonds is 5. The lowest BCUT2D eigenvalue weighted by Gasteiger charge is -2.28. The number of para-hydroxylation sites is 3. The molecule has 2 amide bonds. The number of carbonyl (C=O) groups is 2. The Morgan fingerprint density at radius 3 is 2.49 bits per heavy atom. The van der Waals surface area contributed by atoms with Crippen LogP contribution in [0.1, 0.15) is 29.3 Å². The molecule has 2 aliphatic heterocycles. The molecule has 2 heterocycles. The van der Waals surface area contributed by atoms with Crippen molar-refractivity contribution in [2.45, 2.75) is 18.9 Å². The second-order valence-electron chi connectivity index (χ2n) is 8.77. The molecule has 0 aromatic heterocycles. The van der Waals surface area contributed by atoms with E-state index in [9.17, 15) is 14.7 Å². The number of carbonyl (C=O) groups excluding carboxylic acids is 2. The average molecular weight is 471 g/mol. The zero-order valence-electron chi connectivity index (χ0n) is 19.5. The number of fused-ring (bicyclic) bond motifs is 3. The number of amides is 2. The largest absolute Gasteiger partial charge is 0.454 e. The van der Waals surface area contributed by atoms with E-state index in [1.807, 2.05) is 18.2 Å². The Morgan fingerprint density at radius 2 is 1.71 bits per heavy atom. The van der Waals surface area contributed by atoms with E-state index >= 15 is 0 Å². The maximum Gasteiger partial charge on any atom is 0.266 e. The van der Waals surface area contributed by atoms with E-state index < -0.39 is 17.4 Å². The van der Waals surface area contributed by atoms with Crippen LogP contribution in [0.4, 0.5) is 17.1 Å². The van der Waals surface area contributed by atoms with E-state index in [0.717, 1.165) is 0 Å². The van der Waals surface area contributed by atoms with E-state index in [2.05, 4.69) is 0 Å². The number of hydrogen-bond donors (Lipinski definition) is 2. The lowest BCUT2D eigenvalue weighted by Crippen LogP contribution is -2.43. The van der Waals surface area contributed by atoms with Gasteiger partial charge >= 0.3 is 0 Å². The third kappa shape index (κ3) is 3.51. The number of hydrogen-bond acceptors (Lipinski definition) is 5. The minimum Gasteiger partial charge on any atom is -0.454 e. The van der Waals surface area contributed by atoms with Crippen LogP contribution in [-0.2, 0) is 10.4 Å². The second-order valence-corrected chi connectivity index (χ2v) is 8.77. The van der Waals surface area contributed by atoms with Gasteiger partial charge in [0.2, 0.25) is 0 Å². The fraction of sp³-hybridized carbons (Fsp3) is 0.214. The van der Waals surface area contributed by atoms with E-state index in [4.69, 9.17) is 9.84 Å². The van der Waals surface area contributed by atoms with Crippen LogP contribution in [0.3, 0.4) is 0 Å². The van der Waals surface area contributed by atoms with E-state index in [1.165, 1.54) is 4.90 Å².